The van der Waals surface area contributed by atoms with E-state index in [1.807, 2.05) is 18.2 Å². The van der Waals surface area contributed by atoms with Crippen LogP contribution in [0.5, 0.6) is 5.75 Å². The smallest absolute Gasteiger partial charge is 0.118 e. The molecule has 0 fully saturated rings. The van der Waals surface area contributed by atoms with Crippen LogP contribution in [0.2, 0.25) is 0 Å². The van der Waals surface area contributed by atoms with E-state index in [9.17, 15) is 5.11 Å². The molecule has 0 bridgehead atoms. The van der Waals surface area contributed by atoms with Crippen LogP contribution in [0.4, 0.5) is 0 Å². The van der Waals surface area contributed by atoms with E-state index in [1.165, 1.54) is 0 Å². The number of hydrogen-bond donors (Lipinski definition) is 2. The van der Waals surface area contributed by atoms with Crippen LogP contribution in [-0.4, -0.2) is 18.2 Å². The Balaban J connectivity index is 2.30. The molecular formula is C13H21NO. The van der Waals surface area contributed by atoms with Crippen molar-refractivity contribution in [3.05, 3.63) is 29.8 Å². The van der Waals surface area contributed by atoms with Gasteiger partial charge in [-0.25, -0.2) is 0 Å². The van der Waals surface area contributed by atoms with Gasteiger partial charge in [-0.15, -0.1) is 0 Å². The second-order valence-corrected chi connectivity index (χ2v) is 5.12. The van der Waals surface area contributed by atoms with Crippen LogP contribution in [0, 0.1) is 5.41 Å². The molecule has 2 heteroatoms. The van der Waals surface area contributed by atoms with E-state index in [-0.39, 0.29) is 0 Å². The predicted octanol–water partition coefficient (Wildman–Crippen LogP) is 2.57. The third-order valence-electron chi connectivity index (χ3n) is 2.22. The van der Waals surface area contributed by atoms with Gasteiger partial charge >= 0.3 is 0 Å². The Hall–Kier alpha value is -1.02. The standard InChI is InChI=1S/C13H21NO/c1-13(2,3)10-14-9-8-11-6-4-5-7-12(11)15/h4-7,14-15H,8-10H2,1-3H3. The Bertz CT molecular complexity index is 302. The van der Waals surface area contributed by atoms with Crippen molar-refractivity contribution >= 4 is 0 Å². The molecule has 0 aliphatic carbocycles. The molecule has 0 aromatic heterocycles. The number of benzene rings is 1. The van der Waals surface area contributed by atoms with E-state index in [0.29, 0.717) is 11.2 Å². The minimum Gasteiger partial charge on any atom is -0.508 e. The van der Waals surface area contributed by atoms with Gasteiger partial charge < -0.3 is 10.4 Å². The Morgan fingerprint density at radius 3 is 2.47 bits per heavy atom. The lowest BCUT2D eigenvalue weighted by Crippen LogP contribution is -2.28. The predicted molar refractivity (Wildman–Crippen MR) is 64.1 cm³/mol. The zero-order valence-electron chi connectivity index (χ0n) is 9.88. The summed E-state index contributed by atoms with van der Waals surface area (Å²) in [6.07, 6.45) is 0.878. The Kier molecular flexibility index (Phi) is 4.15. The number of phenols is 1. The van der Waals surface area contributed by atoms with Crippen LogP contribution in [0.3, 0.4) is 0 Å². The Morgan fingerprint density at radius 2 is 1.87 bits per heavy atom. The fraction of sp³-hybridized carbons (Fsp3) is 0.538. The SMILES string of the molecule is CC(C)(C)CNCCc1ccccc1O. The van der Waals surface area contributed by atoms with Crippen molar-refractivity contribution in [1.82, 2.24) is 5.32 Å². The molecule has 2 nitrogen and oxygen atoms in total. The summed E-state index contributed by atoms with van der Waals surface area (Å²) >= 11 is 0. The van der Waals surface area contributed by atoms with Crippen LogP contribution >= 0.6 is 0 Å². The van der Waals surface area contributed by atoms with Gasteiger partial charge in [-0.05, 0) is 30.0 Å². The third kappa shape index (κ3) is 4.84. The number of phenolic OH excluding ortho intramolecular Hbond substituents is 1. The number of hydrogen-bond acceptors (Lipinski definition) is 2. The third-order valence-corrected chi connectivity index (χ3v) is 2.22. The first-order valence-electron chi connectivity index (χ1n) is 5.47. The highest BCUT2D eigenvalue weighted by atomic mass is 16.3. The summed E-state index contributed by atoms with van der Waals surface area (Å²) in [4.78, 5) is 0. The first-order chi connectivity index (χ1) is 6.99. The highest BCUT2D eigenvalue weighted by molar-refractivity contribution is 5.31. The van der Waals surface area contributed by atoms with Gasteiger partial charge in [0.1, 0.15) is 5.75 Å². The average molecular weight is 207 g/mol. The topological polar surface area (TPSA) is 32.3 Å². The fourth-order valence-electron chi connectivity index (χ4n) is 1.41. The van der Waals surface area contributed by atoms with E-state index in [4.69, 9.17) is 0 Å². The van der Waals surface area contributed by atoms with Crippen LogP contribution in [0.1, 0.15) is 26.3 Å². The lowest BCUT2D eigenvalue weighted by molar-refractivity contribution is 0.381. The van der Waals surface area contributed by atoms with Gasteiger partial charge in [-0.2, -0.15) is 0 Å². The van der Waals surface area contributed by atoms with Crippen LogP contribution in [0.25, 0.3) is 0 Å². The van der Waals surface area contributed by atoms with Crippen LogP contribution in [0.15, 0.2) is 24.3 Å². The molecule has 0 amide bonds. The molecule has 15 heavy (non-hydrogen) atoms. The first-order valence-corrected chi connectivity index (χ1v) is 5.47. The van der Waals surface area contributed by atoms with Crippen molar-refractivity contribution < 1.29 is 5.11 Å². The molecule has 1 aromatic carbocycles. The van der Waals surface area contributed by atoms with Crippen molar-refractivity contribution in [2.45, 2.75) is 27.2 Å². The molecule has 0 heterocycles. The van der Waals surface area contributed by atoms with Crippen molar-refractivity contribution in [3.8, 4) is 5.75 Å². The quantitative estimate of drug-likeness (QED) is 0.744. The molecule has 0 spiro atoms. The first kappa shape index (κ1) is 12.1. The normalized spacial score (nSPS) is 11.7. The van der Waals surface area contributed by atoms with Crippen LogP contribution in [-0.2, 0) is 6.42 Å². The van der Waals surface area contributed by atoms with E-state index < -0.39 is 0 Å². The summed E-state index contributed by atoms with van der Waals surface area (Å²) in [7, 11) is 0. The summed E-state index contributed by atoms with van der Waals surface area (Å²) in [6.45, 7) is 8.54. The lowest BCUT2D eigenvalue weighted by Gasteiger charge is -2.18. The largest absolute Gasteiger partial charge is 0.508 e. The lowest BCUT2D eigenvalue weighted by atomic mass is 9.97. The number of para-hydroxylation sites is 1. The van der Waals surface area contributed by atoms with Gasteiger partial charge in [-0.3, -0.25) is 0 Å². The average Bonchev–Trinajstić information content (AvgIpc) is 2.13. The zero-order chi connectivity index (χ0) is 11.3. The summed E-state index contributed by atoms with van der Waals surface area (Å²) < 4.78 is 0. The molecule has 0 aliphatic heterocycles. The van der Waals surface area contributed by atoms with Crippen molar-refractivity contribution in [2.75, 3.05) is 13.1 Å². The molecule has 2 N–H and O–H groups in total. The maximum Gasteiger partial charge on any atom is 0.118 e. The Morgan fingerprint density at radius 1 is 1.20 bits per heavy atom. The van der Waals surface area contributed by atoms with Gasteiger partial charge in [0, 0.05) is 6.54 Å². The molecule has 0 radical (unpaired) electrons. The number of nitrogens with one attached hydrogen (secondary N) is 1. The molecule has 84 valence electrons. The van der Waals surface area contributed by atoms with Crippen LogP contribution < -0.4 is 5.32 Å². The molecule has 0 unspecified atom stereocenters. The summed E-state index contributed by atoms with van der Waals surface area (Å²) in [5.74, 6) is 0.398. The molecule has 0 saturated carbocycles. The van der Waals surface area contributed by atoms with Crippen molar-refractivity contribution in [2.24, 2.45) is 5.41 Å². The van der Waals surface area contributed by atoms with E-state index in [0.717, 1.165) is 25.1 Å². The van der Waals surface area contributed by atoms with Crippen molar-refractivity contribution in [3.63, 3.8) is 0 Å². The molecule has 0 saturated heterocycles. The Labute approximate surface area is 92.3 Å². The minimum absolute atomic E-state index is 0.318. The van der Waals surface area contributed by atoms with E-state index >= 15 is 0 Å². The minimum atomic E-state index is 0.318. The van der Waals surface area contributed by atoms with Gasteiger partial charge in [0.15, 0.2) is 0 Å². The van der Waals surface area contributed by atoms with Gasteiger partial charge in [0.05, 0.1) is 0 Å². The van der Waals surface area contributed by atoms with Crippen molar-refractivity contribution in [1.29, 1.82) is 0 Å². The number of aromatic hydroxyl groups is 1. The van der Waals surface area contributed by atoms with Gasteiger partial charge in [0.2, 0.25) is 0 Å². The maximum absolute atomic E-state index is 9.54. The summed E-state index contributed by atoms with van der Waals surface area (Å²) in [6, 6.07) is 7.51. The van der Waals surface area contributed by atoms with E-state index in [2.05, 4.69) is 26.1 Å². The molecule has 0 aliphatic rings. The summed E-state index contributed by atoms with van der Waals surface area (Å²) in [5, 5.41) is 12.9. The second-order valence-electron chi connectivity index (χ2n) is 5.12. The second kappa shape index (κ2) is 5.17. The number of rotatable bonds is 4. The molecule has 1 rings (SSSR count). The zero-order valence-corrected chi connectivity index (χ0v) is 9.88. The highest BCUT2D eigenvalue weighted by Crippen LogP contribution is 2.15. The molecule has 0 atom stereocenters. The van der Waals surface area contributed by atoms with E-state index in [1.54, 1.807) is 6.07 Å². The van der Waals surface area contributed by atoms with Gasteiger partial charge in [0.25, 0.3) is 0 Å². The monoisotopic (exact) mass is 207 g/mol. The fourth-order valence-corrected chi connectivity index (χ4v) is 1.41. The molecular weight excluding hydrogens is 186 g/mol. The highest BCUT2D eigenvalue weighted by Gasteiger charge is 2.08. The molecule has 1 aromatic rings. The maximum atomic E-state index is 9.54. The van der Waals surface area contributed by atoms with Gasteiger partial charge in [-0.1, -0.05) is 39.0 Å². The summed E-state index contributed by atoms with van der Waals surface area (Å²) in [5.41, 5.74) is 1.33.